The fourth-order valence-electron chi connectivity index (χ4n) is 1.93. The molecule has 0 atom stereocenters. The van der Waals surface area contributed by atoms with E-state index >= 15 is 0 Å². The van der Waals surface area contributed by atoms with E-state index in [9.17, 15) is 9.18 Å². The van der Waals surface area contributed by atoms with Crippen LogP contribution >= 0.6 is 15.9 Å². The maximum absolute atomic E-state index is 13.0. The Morgan fingerprint density at radius 3 is 2.67 bits per heavy atom. The van der Waals surface area contributed by atoms with Crippen molar-refractivity contribution in [3.05, 3.63) is 46.3 Å². The summed E-state index contributed by atoms with van der Waals surface area (Å²) in [5.74, 6) is -1.31. The SMILES string of the molecule is CCn1c(C(=O)O)ccc1-c1ccc(F)cc1Br. The lowest BCUT2D eigenvalue weighted by Crippen LogP contribution is -2.08. The van der Waals surface area contributed by atoms with E-state index in [2.05, 4.69) is 15.9 Å². The molecule has 1 aromatic heterocycles. The van der Waals surface area contributed by atoms with Crippen LogP contribution in [0.2, 0.25) is 0 Å². The molecule has 0 aliphatic carbocycles. The zero-order valence-electron chi connectivity index (χ0n) is 9.65. The quantitative estimate of drug-likeness (QED) is 0.937. The van der Waals surface area contributed by atoms with Crippen molar-refractivity contribution in [1.82, 2.24) is 4.57 Å². The standard InChI is InChI=1S/C13H11BrFNO2/c1-2-16-11(5-6-12(16)13(17)18)9-4-3-8(15)7-10(9)14/h3-7H,2H2,1H3,(H,17,18). The lowest BCUT2D eigenvalue weighted by Gasteiger charge is -2.10. The molecule has 0 bridgehead atoms. The van der Waals surface area contributed by atoms with E-state index in [1.54, 1.807) is 22.8 Å². The third kappa shape index (κ3) is 2.18. The van der Waals surface area contributed by atoms with Crippen molar-refractivity contribution in [2.24, 2.45) is 0 Å². The molecule has 94 valence electrons. The lowest BCUT2D eigenvalue weighted by molar-refractivity contribution is 0.0685. The Morgan fingerprint density at radius 2 is 2.11 bits per heavy atom. The van der Waals surface area contributed by atoms with Crippen LogP contribution in [0.15, 0.2) is 34.8 Å². The fourth-order valence-corrected chi connectivity index (χ4v) is 2.48. The second-order valence-corrected chi connectivity index (χ2v) is 4.63. The number of carbonyl (C=O) groups is 1. The predicted molar refractivity (Wildman–Crippen MR) is 70.2 cm³/mol. The predicted octanol–water partition coefficient (Wildman–Crippen LogP) is 3.77. The summed E-state index contributed by atoms with van der Waals surface area (Å²) in [7, 11) is 0. The highest BCUT2D eigenvalue weighted by molar-refractivity contribution is 9.10. The number of nitrogens with zero attached hydrogens (tertiary/aromatic N) is 1. The number of benzene rings is 1. The van der Waals surface area contributed by atoms with Crippen molar-refractivity contribution in [2.45, 2.75) is 13.5 Å². The second-order valence-electron chi connectivity index (χ2n) is 3.78. The van der Waals surface area contributed by atoms with Gasteiger partial charge < -0.3 is 9.67 Å². The van der Waals surface area contributed by atoms with Gasteiger partial charge in [0.25, 0.3) is 0 Å². The van der Waals surface area contributed by atoms with Crippen LogP contribution in [0.1, 0.15) is 17.4 Å². The number of hydrogen-bond donors (Lipinski definition) is 1. The Labute approximate surface area is 112 Å². The minimum absolute atomic E-state index is 0.226. The Balaban J connectivity index is 2.60. The number of rotatable bonds is 3. The zero-order chi connectivity index (χ0) is 13.3. The van der Waals surface area contributed by atoms with Crippen LogP contribution < -0.4 is 0 Å². The summed E-state index contributed by atoms with van der Waals surface area (Å²) in [6.07, 6.45) is 0. The van der Waals surface area contributed by atoms with Gasteiger partial charge in [-0.1, -0.05) is 0 Å². The van der Waals surface area contributed by atoms with Gasteiger partial charge in [0.05, 0.1) is 0 Å². The van der Waals surface area contributed by atoms with Crippen LogP contribution in [0, 0.1) is 5.82 Å². The Bertz CT molecular complexity index is 607. The van der Waals surface area contributed by atoms with Crippen molar-refractivity contribution in [1.29, 1.82) is 0 Å². The van der Waals surface area contributed by atoms with E-state index < -0.39 is 5.97 Å². The molecule has 0 aliphatic rings. The Morgan fingerprint density at radius 1 is 1.39 bits per heavy atom. The van der Waals surface area contributed by atoms with Gasteiger partial charge in [-0.2, -0.15) is 0 Å². The topological polar surface area (TPSA) is 42.2 Å². The fraction of sp³-hybridized carbons (Fsp3) is 0.154. The number of carboxylic acid groups (broad SMARTS) is 1. The summed E-state index contributed by atoms with van der Waals surface area (Å²) in [6, 6.07) is 7.63. The summed E-state index contributed by atoms with van der Waals surface area (Å²) < 4.78 is 15.3. The summed E-state index contributed by atoms with van der Waals surface area (Å²) >= 11 is 3.29. The molecule has 0 saturated carbocycles. The maximum atomic E-state index is 13.0. The van der Waals surface area contributed by atoms with Crippen molar-refractivity contribution in [3.63, 3.8) is 0 Å². The normalized spacial score (nSPS) is 10.6. The Kier molecular flexibility index (Phi) is 3.52. The Hall–Kier alpha value is -1.62. The first kappa shape index (κ1) is 12.8. The maximum Gasteiger partial charge on any atom is 0.352 e. The number of aromatic nitrogens is 1. The summed E-state index contributed by atoms with van der Waals surface area (Å²) in [5.41, 5.74) is 1.75. The molecule has 2 rings (SSSR count). The smallest absolute Gasteiger partial charge is 0.352 e. The average molecular weight is 312 g/mol. The molecule has 2 aromatic rings. The van der Waals surface area contributed by atoms with E-state index in [4.69, 9.17) is 5.11 Å². The highest BCUT2D eigenvalue weighted by atomic mass is 79.9. The van der Waals surface area contributed by atoms with Gasteiger partial charge in [-0.05, 0) is 53.2 Å². The molecule has 1 aromatic carbocycles. The number of carboxylic acids is 1. The molecular weight excluding hydrogens is 301 g/mol. The summed E-state index contributed by atoms with van der Waals surface area (Å²) in [6.45, 7) is 2.40. The number of halogens is 2. The molecule has 0 radical (unpaired) electrons. The van der Waals surface area contributed by atoms with Crippen LogP contribution in [-0.2, 0) is 6.54 Å². The first-order valence-corrected chi connectivity index (χ1v) is 6.22. The molecule has 0 spiro atoms. The lowest BCUT2D eigenvalue weighted by atomic mass is 10.1. The van der Waals surface area contributed by atoms with Crippen molar-refractivity contribution < 1.29 is 14.3 Å². The first-order chi connectivity index (χ1) is 8.54. The molecule has 0 amide bonds. The molecule has 1 heterocycles. The molecular formula is C13H11BrFNO2. The summed E-state index contributed by atoms with van der Waals surface area (Å²) in [4.78, 5) is 11.1. The molecule has 5 heteroatoms. The van der Waals surface area contributed by atoms with Gasteiger partial charge in [-0.3, -0.25) is 0 Å². The van der Waals surface area contributed by atoms with Crippen LogP contribution in [0.25, 0.3) is 11.3 Å². The van der Waals surface area contributed by atoms with Gasteiger partial charge in [0.15, 0.2) is 0 Å². The zero-order valence-corrected chi connectivity index (χ0v) is 11.2. The highest BCUT2D eigenvalue weighted by Crippen LogP contribution is 2.30. The first-order valence-electron chi connectivity index (χ1n) is 5.42. The molecule has 0 aliphatic heterocycles. The van der Waals surface area contributed by atoms with Crippen LogP contribution in [0.4, 0.5) is 4.39 Å². The molecule has 0 fully saturated rings. The van der Waals surface area contributed by atoms with Crippen molar-refractivity contribution in [3.8, 4) is 11.3 Å². The monoisotopic (exact) mass is 311 g/mol. The largest absolute Gasteiger partial charge is 0.477 e. The van der Waals surface area contributed by atoms with E-state index in [1.807, 2.05) is 6.92 Å². The second kappa shape index (κ2) is 4.94. The van der Waals surface area contributed by atoms with E-state index in [-0.39, 0.29) is 11.5 Å². The third-order valence-electron chi connectivity index (χ3n) is 2.72. The highest BCUT2D eigenvalue weighted by Gasteiger charge is 2.15. The van der Waals surface area contributed by atoms with Crippen LogP contribution in [-0.4, -0.2) is 15.6 Å². The molecule has 0 unspecified atom stereocenters. The molecule has 0 saturated heterocycles. The minimum Gasteiger partial charge on any atom is -0.477 e. The van der Waals surface area contributed by atoms with Crippen molar-refractivity contribution in [2.75, 3.05) is 0 Å². The number of hydrogen-bond acceptors (Lipinski definition) is 1. The molecule has 18 heavy (non-hydrogen) atoms. The third-order valence-corrected chi connectivity index (χ3v) is 3.38. The minimum atomic E-state index is -0.971. The van der Waals surface area contributed by atoms with Crippen LogP contribution in [0.3, 0.4) is 0 Å². The van der Waals surface area contributed by atoms with Gasteiger partial charge in [-0.15, -0.1) is 0 Å². The van der Waals surface area contributed by atoms with E-state index in [0.29, 0.717) is 11.0 Å². The van der Waals surface area contributed by atoms with E-state index in [0.717, 1.165) is 11.3 Å². The van der Waals surface area contributed by atoms with Gasteiger partial charge in [0.1, 0.15) is 11.5 Å². The molecule has 1 N–H and O–H groups in total. The average Bonchev–Trinajstić information content (AvgIpc) is 2.72. The number of aromatic carboxylic acids is 1. The van der Waals surface area contributed by atoms with E-state index in [1.165, 1.54) is 12.1 Å². The van der Waals surface area contributed by atoms with Gasteiger partial charge in [0.2, 0.25) is 0 Å². The van der Waals surface area contributed by atoms with Gasteiger partial charge in [-0.25, -0.2) is 9.18 Å². The van der Waals surface area contributed by atoms with Gasteiger partial charge >= 0.3 is 5.97 Å². The summed E-state index contributed by atoms with van der Waals surface area (Å²) in [5, 5.41) is 9.08. The van der Waals surface area contributed by atoms with Crippen molar-refractivity contribution >= 4 is 21.9 Å². The van der Waals surface area contributed by atoms with Gasteiger partial charge in [0, 0.05) is 22.3 Å². The molecule has 3 nitrogen and oxygen atoms in total. The van der Waals surface area contributed by atoms with Crippen LogP contribution in [0.5, 0.6) is 0 Å².